The quantitative estimate of drug-likeness (QED) is 0.758. The third-order valence-corrected chi connectivity index (χ3v) is 3.91. The monoisotopic (exact) mass is 312 g/mol. The molecule has 0 aliphatic rings. The Morgan fingerprint density at radius 2 is 1.95 bits per heavy atom. The van der Waals surface area contributed by atoms with Crippen LogP contribution in [0.15, 0.2) is 18.2 Å². The maximum atomic E-state index is 13.3. The van der Waals surface area contributed by atoms with Crippen molar-refractivity contribution in [3.05, 3.63) is 29.8 Å². The summed E-state index contributed by atoms with van der Waals surface area (Å²) in [5.41, 5.74) is 0. The van der Waals surface area contributed by atoms with Crippen molar-refractivity contribution in [2.75, 3.05) is 12.4 Å². The van der Waals surface area contributed by atoms with Crippen molar-refractivity contribution in [1.82, 2.24) is 0 Å². The lowest BCUT2D eigenvalue weighted by Crippen LogP contribution is -2.24. The highest BCUT2D eigenvalue weighted by molar-refractivity contribution is 8.13. The van der Waals surface area contributed by atoms with Gasteiger partial charge >= 0.3 is 0 Å². The Balaban J connectivity index is 2.71. The molecule has 0 spiro atoms. The lowest BCUT2D eigenvalue weighted by atomic mass is 9.99. The predicted octanol–water partition coefficient (Wildman–Crippen LogP) is 3.18. The average molecular weight is 313 g/mol. The van der Waals surface area contributed by atoms with E-state index in [1.165, 1.54) is 0 Å². The van der Waals surface area contributed by atoms with Gasteiger partial charge in [-0.05, 0) is 18.1 Å². The van der Waals surface area contributed by atoms with E-state index in [1.54, 1.807) is 0 Å². The summed E-state index contributed by atoms with van der Waals surface area (Å²) in [5, 5.41) is 0. The Morgan fingerprint density at radius 3 is 2.42 bits per heavy atom. The van der Waals surface area contributed by atoms with Gasteiger partial charge in [0, 0.05) is 22.7 Å². The van der Waals surface area contributed by atoms with Gasteiger partial charge in [0.25, 0.3) is 0 Å². The molecule has 3 nitrogen and oxygen atoms in total. The number of hydrogen-bond acceptors (Lipinski definition) is 3. The van der Waals surface area contributed by atoms with Gasteiger partial charge in [-0.3, -0.25) is 0 Å². The highest BCUT2D eigenvalue weighted by Gasteiger charge is 2.21. The normalized spacial score (nSPS) is 13.6. The second-order valence-corrected chi connectivity index (χ2v) is 7.42. The van der Waals surface area contributed by atoms with Crippen LogP contribution < -0.4 is 4.74 Å². The first-order chi connectivity index (χ1) is 8.69. The van der Waals surface area contributed by atoms with Crippen LogP contribution >= 0.6 is 10.7 Å². The van der Waals surface area contributed by atoms with Gasteiger partial charge in [-0.25, -0.2) is 17.2 Å². The summed E-state index contributed by atoms with van der Waals surface area (Å²) >= 11 is 0. The highest BCUT2D eigenvalue weighted by atomic mass is 35.7. The molecule has 0 N–H and O–H groups in total. The molecular formula is C12H15ClF2O3S. The van der Waals surface area contributed by atoms with Crippen molar-refractivity contribution in [3.8, 4) is 5.75 Å². The summed E-state index contributed by atoms with van der Waals surface area (Å²) in [7, 11) is 1.55. The third-order valence-electron chi connectivity index (χ3n) is 2.70. The molecule has 0 heterocycles. The fraction of sp³-hybridized carbons (Fsp3) is 0.500. The third kappa shape index (κ3) is 5.74. The van der Waals surface area contributed by atoms with Gasteiger partial charge in [0.2, 0.25) is 9.05 Å². The van der Waals surface area contributed by atoms with Gasteiger partial charge in [-0.15, -0.1) is 0 Å². The average Bonchev–Trinajstić information content (AvgIpc) is 2.24. The van der Waals surface area contributed by atoms with E-state index in [0.29, 0.717) is 6.07 Å². The zero-order valence-electron chi connectivity index (χ0n) is 10.6. The fourth-order valence-corrected chi connectivity index (χ4v) is 2.96. The molecule has 0 bridgehead atoms. The molecule has 0 aromatic heterocycles. The Bertz CT molecular complexity index is 532. The first-order valence-corrected chi connectivity index (χ1v) is 8.17. The minimum absolute atomic E-state index is 0.00275. The fourth-order valence-electron chi connectivity index (χ4n) is 1.48. The van der Waals surface area contributed by atoms with E-state index < -0.39 is 20.7 Å². The molecule has 1 aromatic carbocycles. The van der Waals surface area contributed by atoms with Crippen LogP contribution in [0.4, 0.5) is 8.78 Å². The summed E-state index contributed by atoms with van der Waals surface area (Å²) in [6.45, 7) is 3.63. The van der Waals surface area contributed by atoms with Gasteiger partial charge in [0.15, 0.2) is 11.6 Å². The van der Waals surface area contributed by atoms with E-state index in [0.717, 1.165) is 12.1 Å². The Kier molecular flexibility index (Phi) is 5.55. The molecule has 1 atom stereocenters. The second kappa shape index (κ2) is 6.52. The van der Waals surface area contributed by atoms with Gasteiger partial charge in [0.05, 0.1) is 12.4 Å². The zero-order chi connectivity index (χ0) is 14.6. The second-order valence-electron chi connectivity index (χ2n) is 4.60. The molecule has 0 aliphatic heterocycles. The van der Waals surface area contributed by atoms with Crippen molar-refractivity contribution in [2.45, 2.75) is 13.8 Å². The zero-order valence-corrected chi connectivity index (χ0v) is 12.1. The SMILES string of the molecule is CC(C)C(COc1ccc(F)cc1F)CS(=O)(=O)Cl. The Morgan fingerprint density at radius 1 is 1.32 bits per heavy atom. The van der Waals surface area contributed by atoms with Crippen molar-refractivity contribution in [1.29, 1.82) is 0 Å². The molecule has 0 saturated heterocycles. The van der Waals surface area contributed by atoms with E-state index in [2.05, 4.69) is 0 Å². The Hall–Kier alpha value is -0.880. The van der Waals surface area contributed by atoms with E-state index in [1.807, 2.05) is 13.8 Å². The molecule has 0 saturated carbocycles. The molecule has 0 fully saturated rings. The summed E-state index contributed by atoms with van der Waals surface area (Å²) < 4.78 is 53.3. The molecule has 0 amide bonds. The van der Waals surface area contributed by atoms with Gasteiger partial charge in [-0.1, -0.05) is 13.8 Å². The summed E-state index contributed by atoms with van der Waals surface area (Å²) in [5.74, 6) is -2.26. The van der Waals surface area contributed by atoms with Gasteiger partial charge < -0.3 is 4.74 Å². The van der Waals surface area contributed by atoms with Crippen LogP contribution in [0.2, 0.25) is 0 Å². The largest absolute Gasteiger partial charge is 0.490 e. The standard InChI is InChI=1S/C12H15ClF2O3S/c1-8(2)9(7-19(13,16)17)6-18-12-4-3-10(14)5-11(12)15/h3-5,8-9H,6-7H2,1-2H3. The number of hydrogen-bond donors (Lipinski definition) is 0. The number of ether oxygens (including phenoxy) is 1. The van der Waals surface area contributed by atoms with Crippen LogP contribution in [0.5, 0.6) is 5.75 Å². The Labute approximate surface area is 115 Å². The van der Waals surface area contributed by atoms with Crippen LogP contribution in [-0.2, 0) is 9.05 Å². The van der Waals surface area contributed by atoms with E-state index in [4.69, 9.17) is 15.4 Å². The maximum absolute atomic E-state index is 13.3. The summed E-state index contributed by atoms with van der Waals surface area (Å²) in [4.78, 5) is 0. The molecule has 1 unspecified atom stereocenters. The van der Waals surface area contributed by atoms with E-state index >= 15 is 0 Å². The van der Waals surface area contributed by atoms with Crippen molar-refractivity contribution < 1.29 is 21.9 Å². The van der Waals surface area contributed by atoms with E-state index in [9.17, 15) is 17.2 Å². The number of benzene rings is 1. The first kappa shape index (κ1) is 16.2. The lowest BCUT2D eigenvalue weighted by molar-refractivity contribution is 0.217. The molecule has 19 heavy (non-hydrogen) atoms. The molecular weight excluding hydrogens is 298 g/mol. The number of rotatable bonds is 6. The van der Waals surface area contributed by atoms with Crippen LogP contribution in [-0.4, -0.2) is 20.8 Å². The number of halogens is 3. The van der Waals surface area contributed by atoms with Crippen LogP contribution in [0.1, 0.15) is 13.8 Å². The first-order valence-electron chi connectivity index (χ1n) is 5.69. The molecule has 0 aliphatic carbocycles. The van der Waals surface area contributed by atoms with Gasteiger partial charge in [0.1, 0.15) is 5.82 Å². The maximum Gasteiger partial charge on any atom is 0.233 e. The van der Waals surface area contributed by atoms with Crippen LogP contribution in [0.25, 0.3) is 0 Å². The van der Waals surface area contributed by atoms with Crippen LogP contribution in [0, 0.1) is 23.5 Å². The minimum Gasteiger partial charge on any atom is -0.490 e. The smallest absolute Gasteiger partial charge is 0.233 e. The molecule has 7 heteroatoms. The van der Waals surface area contributed by atoms with Crippen LogP contribution in [0.3, 0.4) is 0 Å². The molecule has 1 rings (SSSR count). The lowest BCUT2D eigenvalue weighted by Gasteiger charge is -2.19. The van der Waals surface area contributed by atoms with E-state index in [-0.39, 0.29) is 29.9 Å². The summed E-state index contributed by atoms with van der Waals surface area (Å²) in [6, 6.07) is 2.94. The molecule has 0 radical (unpaired) electrons. The summed E-state index contributed by atoms with van der Waals surface area (Å²) in [6.07, 6.45) is 0. The van der Waals surface area contributed by atoms with Crippen molar-refractivity contribution >= 4 is 19.7 Å². The topological polar surface area (TPSA) is 43.4 Å². The van der Waals surface area contributed by atoms with Crippen molar-refractivity contribution in [3.63, 3.8) is 0 Å². The molecule has 108 valence electrons. The predicted molar refractivity (Wildman–Crippen MR) is 69.8 cm³/mol. The van der Waals surface area contributed by atoms with Gasteiger partial charge in [-0.2, -0.15) is 0 Å². The van der Waals surface area contributed by atoms with Crippen molar-refractivity contribution in [2.24, 2.45) is 11.8 Å². The highest BCUT2D eigenvalue weighted by Crippen LogP contribution is 2.21. The minimum atomic E-state index is -3.65. The molecule has 1 aromatic rings.